The summed E-state index contributed by atoms with van der Waals surface area (Å²) >= 11 is 0. The van der Waals surface area contributed by atoms with Gasteiger partial charge in [0, 0.05) is 54.6 Å². The molecule has 8 nitrogen and oxygen atoms in total. The number of esters is 1. The zero-order valence-corrected chi connectivity index (χ0v) is 27.7. The van der Waals surface area contributed by atoms with E-state index in [1.165, 1.54) is 16.9 Å². The maximum atomic E-state index is 14.2. The summed E-state index contributed by atoms with van der Waals surface area (Å²) in [6, 6.07) is 9.10. The van der Waals surface area contributed by atoms with E-state index in [4.69, 9.17) is 9.26 Å². The molecule has 0 aromatic heterocycles. The number of benzene rings is 1. The molecule has 40 heavy (non-hydrogen) atoms. The molecule has 2 fully saturated rings. The van der Waals surface area contributed by atoms with Gasteiger partial charge in [-0.1, -0.05) is 83.2 Å². The van der Waals surface area contributed by atoms with Crippen molar-refractivity contribution in [3.63, 3.8) is 0 Å². The Morgan fingerprint density at radius 2 is 1.73 bits per heavy atom. The first-order valence-electron chi connectivity index (χ1n) is 14.6. The number of carboxylic acid groups (broad SMARTS) is 1. The minimum atomic E-state index is -3.60. The molecule has 1 radical (unpaired) electrons. The number of hydrogen-bond acceptors (Lipinski definition) is 6. The van der Waals surface area contributed by atoms with Crippen LogP contribution < -0.4 is 0 Å². The van der Waals surface area contributed by atoms with E-state index >= 15 is 0 Å². The van der Waals surface area contributed by atoms with Gasteiger partial charge in [-0.25, -0.2) is 4.79 Å². The van der Waals surface area contributed by atoms with Crippen LogP contribution in [0.15, 0.2) is 30.3 Å². The number of carbonyl (C=O) groups excluding carboxylic acids is 2. The van der Waals surface area contributed by atoms with Crippen molar-refractivity contribution in [3.05, 3.63) is 35.9 Å². The molecule has 1 amide bonds. The molecule has 1 aromatic carbocycles. The molecule has 1 N–H and O–H groups in total. The Labute approximate surface area is 261 Å². The average molecular weight is 587 g/mol. The van der Waals surface area contributed by atoms with Gasteiger partial charge in [-0.15, -0.1) is 0 Å². The first-order valence-corrected chi connectivity index (χ1v) is 16.6. The Kier molecular flexibility index (Phi) is 14.9. The van der Waals surface area contributed by atoms with Crippen molar-refractivity contribution < 1.29 is 33.3 Å². The summed E-state index contributed by atoms with van der Waals surface area (Å²) in [5.41, 5.74) is 1.18. The monoisotopic (exact) mass is 586 g/mol. The molecule has 0 spiro atoms. The van der Waals surface area contributed by atoms with Gasteiger partial charge < -0.3 is 14.7 Å². The van der Waals surface area contributed by atoms with Crippen molar-refractivity contribution in [2.24, 2.45) is 17.8 Å². The maximum absolute atomic E-state index is 14.2. The van der Waals surface area contributed by atoms with Gasteiger partial charge in [0.15, 0.2) is 0 Å². The standard InChI is InChI=1S/C30H46NO7P.Na/c1-4-28(33)37-30(22(2)3)38-39(36,18-12-11-15-23-13-7-5-8-14-23)21-27(32)31-20-25(19-26(31)29(34)35)24-16-9-6-10-17-24;/h5,7-8,13-14,22,24-26,30H,4,6,9-12,15-21H2,1-3H3,(H,34,35);/t25-,26+,30+,39-;/m1./s1. The zero-order chi connectivity index (χ0) is 28.4. The summed E-state index contributed by atoms with van der Waals surface area (Å²) in [5.74, 6) is -1.61. The smallest absolute Gasteiger partial charge is 0.326 e. The molecule has 1 aliphatic carbocycles. The quantitative estimate of drug-likeness (QED) is 0.0973. The second kappa shape index (κ2) is 17.1. The third kappa shape index (κ3) is 10.6. The molecule has 0 bridgehead atoms. The van der Waals surface area contributed by atoms with Crippen LogP contribution in [0.25, 0.3) is 0 Å². The first kappa shape index (κ1) is 35.0. The number of likely N-dealkylation sites (tertiary alicyclic amines) is 1. The van der Waals surface area contributed by atoms with E-state index in [1.807, 2.05) is 44.2 Å². The van der Waals surface area contributed by atoms with Gasteiger partial charge in [0.25, 0.3) is 0 Å². The summed E-state index contributed by atoms with van der Waals surface area (Å²) in [4.78, 5) is 39.2. The van der Waals surface area contributed by atoms with Gasteiger partial charge in [-0.3, -0.25) is 18.7 Å². The molecular weight excluding hydrogens is 540 g/mol. The Balaban J connectivity index is 0.00000560. The molecule has 1 aromatic rings. The molecular formula is C30H46NNaO7P. The molecule has 1 aliphatic heterocycles. The molecule has 219 valence electrons. The van der Waals surface area contributed by atoms with Crippen LogP contribution in [0.1, 0.15) is 84.1 Å². The van der Waals surface area contributed by atoms with Crippen molar-refractivity contribution in [3.8, 4) is 0 Å². The van der Waals surface area contributed by atoms with E-state index in [9.17, 15) is 24.1 Å². The third-order valence-corrected chi connectivity index (χ3v) is 10.4. The maximum Gasteiger partial charge on any atom is 0.326 e. The summed E-state index contributed by atoms with van der Waals surface area (Å²) in [6.45, 7) is 5.68. The molecule has 2 aliphatic rings. The van der Waals surface area contributed by atoms with Crippen LogP contribution in [0.3, 0.4) is 0 Å². The van der Waals surface area contributed by atoms with Crippen LogP contribution in [0.2, 0.25) is 0 Å². The van der Waals surface area contributed by atoms with Gasteiger partial charge in [-0.2, -0.15) is 0 Å². The predicted octanol–water partition coefficient (Wildman–Crippen LogP) is 5.74. The number of carbonyl (C=O) groups is 3. The Morgan fingerprint density at radius 3 is 2.33 bits per heavy atom. The van der Waals surface area contributed by atoms with E-state index < -0.39 is 37.5 Å². The Bertz CT molecular complexity index is 999. The Hall–Kier alpha value is -1.18. The number of hydrogen-bond donors (Lipinski definition) is 1. The summed E-state index contributed by atoms with van der Waals surface area (Å²) < 4.78 is 25.7. The van der Waals surface area contributed by atoms with Crippen molar-refractivity contribution in [1.82, 2.24) is 4.90 Å². The van der Waals surface area contributed by atoms with E-state index in [-0.39, 0.29) is 60.1 Å². The topological polar surface area (TPSA) is 110 Å². The summed E-state index contributed by atoms with van der Waals surface area (Å²) in [7, 11) is -3.60. The molecule has 10 heteroatoms. The van der Waals surface area contributed by atoms with Crippen molar-refractivity contribution in [1.29, 1.82) is 0 Å². The molecule has 1 saturated heterocycles. The first-order chi connectivity index (χ1) is 18.6. The third-order valence-electron chi connectivity index (χ3n) is 8.07. The van der Waals surface area contributed by atoms with E-state index in [0.717, 1.165) is 38.5 Å². The summed E-state index contributed by atoms with van der Waals surface area (Å²) in [6.07, 6.45) is 7.12. The zero-order valence-electron chi connectivity index (χ0n) is 24.8. The van der Waals surface area contributed by atoms with E-state index in [0.29, 0.717) is 25.3 Å². The second-order valence-corrected chi connectivity index (χ2v) is 14.1. The fourth-order valence-electron chi connectivity index (χ4n) is 5.80. The minimum absolute atomic E-state index is 0. The summed E-state index contributed by atoms with van der Waals surface area (Å²) in [5, 5.41) is 9.92. The molecule has 1 heterocycles. The fourth-order valence-corrected chi connectivity index (χ4v) is 8.10. The molecule has 0 unspecified atom stereocenters. The number of rotatable bonds is 14. The number of carboxylic acids is 1. The normalized spacial score (nSPS) is 21.9. The van der Waals surface area contributed by atoms with Gasteiger partial charge in [0.05, 0.1) is 0 Å². The van der Waals surface area contributed by atoms with Crippen LogP contribution in [0.5, 0.6) is 0 Å². The Morgan fingerprint density at radius 1 is 1.05 bits per heavy atom. The number of aryl methyl sites for hydroxylation is 1. The van der Waals surface area contributed by atoms with Gasteiger partial charge in [0.2, 0.25) is 19.6 Å². The van der Waals surface area contributed by atoms with E-state index in [1.54, 1.807) is 6.92 Å². The van der Waals surface area contributed by atoms with E-state index in [2.05, 4.69) is 0 Å². The molecule has 4 atom stereocenters. The second-order valence-electron chi connectivity index (χ2n) is 11.5. The molecule has 1 saturated carbocycles. The number of ether oxygens (including phenoxy) is 1. The minimum Gasteiger partial charge on any atom is -0.480 e. The largest absolute Gasteiger partial charge is 0.480 e. The van der Waals surface area contributed by atoms with Gasteiger partial charge in [-0.05, 0) is 43.1 Å². The SMILES string of the molecule is CCC(=O)O[C@@H](O[P@](=O)(CCCCc1ccccc1)CC(=O)N1C[C@H](C2CCCCC2)C[C@H]1C(=O)O)C(C)C.[Na]. The number of amides is 1. The van der Waals surface area contributed by atoms with Crippen LogP contribution in [-0.2, 0) is 34.6 Å². The number of nitrogens with zero attached hydrogens (tertiary/aromatic N) is 1. The van der Waals surface area contributed by atoms with Gasteiger partial charge in [0.1, 0.15) is 12.2 Å². The van der Waals surface area contributed by atoms with Crippen LogP contribution in [0, 0.1) is 17.8 Å². The van der Waals surface area contributed by atoms with Crippen LogP contribution >= 0.6 is 7.37 Å². The van der Waals surface area contributed by atoms with Crippen molar-refractivity contribution in [2.45, 2.75) is 97.3 Å². The van der Waals surface area contributed by atoms with Crippen LogP contribution in [-0.4, -0.2) is 88.6 Å². The number of aliphatic carboxylic acids is 1. The van der Waals surface area contributed by atoms with Crippen molar-refractivity contribution in [2.75, 3.05) is 18.9 Å². The fraction of sp³-hybridized carbons (Fsp3) is 0.700. The predicted molar refractivity (Wildman–Crippen MR) is 156 cm³/mol. The van der Waals surface area contributed by atoms with Crippen molar-refractivity contribution >= 4 is 54.8 Å². The number of unbranched alkanes of at least 4 members (excludes halogenated alkanes) is 1. The van der Waals surface area contributed by atoms with Crippen LogP contribution in [0.4, 0.5) is 0 Å². The van der Waals surface area contributed by atoms with Gasteiger partial charge >= 0.3 is 11.9 Å². The average Bonchev–Trinajstić information content (AvgIpc) is 3.38. The molecule has 3 rings (SSSR count).